The first-order chi connectivity index (χ1) is 7.63. The first-order valence-electron chi connectivity index (χ1n) is 5.28. The van der Waals surface area contributed by atoms with E-state index in [4.69, 9.17) is 9.47 Å². The van der Waals surface area contributed by atoms with E-state index in [0.717, 1.165) is 13.2 Å². The largest absolute Gasteiger partial charge is 0.497 e. The van der Waals surface area contributed by atoms with Crippen LogP contribution in [0.4, 0.5) is 10.1 Å². The molecule has 16 heavy (non-hydrogen) atoms. The summed E-state index contributed by atoms with van der Waals surface area (Å²) in [5.41, 5.74) is 0.600. The maximum absolute atomic E-state index is 13.5. The molecule has 0 bridgehead atoms. The SMILES string of the molecule is COc1ccc(F)c(NCC2(C)COC2)c1. The van der Waals surface area contributed by atoms with Gasteiger partial charge in [-0.15, -0.1) is 0 Å². The molecular weight excluding hydrogens is 209 g/mol. The zero-order valence-electron chi connectivity index (χ0n) is 9.55. The van der Waals surface area contributed by atoms with Gasteiger partial charge in [-0.2, -0.15) is 0 Å². The van der Waals surface area contributed by atoms with Gasteiger partial charge in [0.2, 0.25) is 0 Å². The van der Waals surface area contributed by atoms with E-state index < -0.39 is 0 Å². The molecule has 1 N–H and O–H groups in total. The van der Waals surface area contributed by atoms with Crippen LogP contribution in [0.3, 0.4) is 0 Å². The summed E-state index contributed by atoms with van der Waals surface area (Å²) in [6.45, 7) is 4.27. The van der Waals surface area contributed by atoms with Gasteiger partial charge in [-0.1, -0.05) is 6.92 Å². The molecule has 0 spiro atoms. The minimum Gasteiger partial charge on any atom is -0.497 e. The van der Waals surface area contributed by atoms with E-state index in [2.05, 4.69) is 12.2 Å². The molecule has 0 amide bonds. The van der Waals surface area contributed by atoms with Gasteiger partial charge in [0.15, 0.2) is 0 Å². The van der Waals surface area contributed by atoms with Crippen molar-refractivity contribution in [1.29, 1.82) is 0 Å². The van der Waals surface area contributed by atoms with Crippen LogP contribution in [0.2, 0.25) is 0 Å². The molecule has 0 saturated carbocycles. The molecule has 1 heterocycles. The number of methoxy groups -OCH3 is 1. The number of rotatable bonds is 4. The van der Waals surface area contributed by atoms with Gasteiger partial charge in [0.1, 0.15) is 11.6 Å². The molecule has 0 aromatic heterocycles. The number of hydrogen-bond acceptors (Lipinski definition) is 3. The molecule has 1 aromatic rings. The molecule has 1 aromatic carbocycles. The average Bonchev–Trinajstić information content (AvgIpc) is 2.25. The Kier molecular flexibility index (Phi) is 3.01. The van der Waals surface area contributed by atoms with Crippen LogP contribution in [0.15, 0.2) is 18.2 Å². The van der Waals surface area contributed by atoms with Crippen LogP contribution in [0.1, 0.15) is 6.92 Å². The highest BCUT2D eigenvalue weighted by Crippen LogP contribution is 2.28. The van der Waals surface area contributed by atoms with Crippen molar-refractivity contribution >= 4 is 5.69 Å². The Hall–Kier alpha value is -1.29. The fraction of sp³-hybridized carbons (Fsp3) is 0.500. The van der Waals surface area contributed by atoms with Gasteiger partial charge in [0.25, 0.3) is 0 Å². The Balaban J connectivity index is 2.02. The zero-order chi connectivity index (χ0) is 11.6. The standard InChI is InChI=1S/C12H16FNO2/c1-12(7-16-8-12)6-14-11-5-9(15-2)3-4-10(11)13/h3-5,14H,6-8H2,1-2H3. The summed E-state index contributed by atoms with van der Waals surface area (Å²) in [6.07, 6.45) is 0. The molecule has 0 aliphatic carbocycles. The summed E-state index contributed by atoms with van der Waals surface area (Å²) >= 11 is 0. The van der Waals surface area contributed by atoms with E-state index in [1.807, 2.05) is 0 Å². The van der Waals surface area contributed by atoms with Gasteiger partial charge in [-0.25, -0.2) is 4.39 Å². The summed E-state index contributed by atoms with van der Waals surface area (Å²) in [5.74, 6) is 0.392. The van der Waals surface area contributed by atoms with Gasteiger partial charge in [-0.05, 0) is 12.1 Å². The molecule has 0 radical (unpaired) electrons. The Morgan fingerprint density at radius 3 is 2.81 bits per heavy atom. The van der Waals surface area contributed by atoms with Crippen LogP contribution in [0.25, 0.3) is 0 Å². The summed E-state index contributed by atoms with van der Waals surface area (Å²) < 4.78 is 23.6. The second kappa shape index (κ2) is 4.29. The molecule has 0 unspecified atom stereocenters. The molecule has 1 fully saturated rings. The van der Waals surface area contributed by atoms with Gasteiger partial charge in [0.05, 0.1) is 26.0 Å². The van der Waals surface area contributed by atoms with Gasteiger partial charge in [-0.3, -0.25) is 0 Å². The third-order valence-electron chi connectivity index (χ3n) is 2.78. The monoisotopic (exact) mass is 225 g/mol. The highest BCUT2D eigenvalue weighted by molar-refractivity contribution is 5.49. The van der Waals surface area contributed by atoms with Crippen molar-refractivity contribution in [1.82, 2.24) is 0 Å². The smallest absolute Gasteiger partial charge is 0.146 e. The molecular formula is C12H16FNO2. The number of benzene rings is 1. The molecule has 4 heteroatoms. The van der Waals surface area contributed by atoms with Gasteiger partial charge < -0.3 is 14.8 Å². The Labute approximate surface area is 94.6 Å². The zero-order valence-corrected chi connectivity index (χ0v) is 9.55. The minimum atomic E-state index is -0.260. The Bertz CT molecular complexity index is 377. The molecule has 3 nitrogen and oxygen atoms in total. The molecule has 2 rings (SSSR count). The highest BCUT2D eigenvalue weighted by Gasteiger charge is 2.33. The van der Waals surface area contributed by atoms with E-state index in [-0.39, 0.29) is 11.2 Å². The molecule has 1 aliphatic heterocycles. The lowest BCUT2D eigenvalue weighted by molar-refractivity contribution is -0.0924. The predicted octanol–water partition coefficient (Wildman–Crippen LogP) is 2.28. The molecule has 1 aliphatic rings. The van der Waals surface area contributed by atoms with Crippen molar-refractivity contribution in [3.63, 3.8) is 0 Å². The fourth-order valence-electron chi connectivity index (χ4n) is 1.63. The topological polar surface area (TPSA) is 30.5 Å². The maximum atomic E-state index is 13.5. The number of nitrogens with one attached hydrogen (secondary N) is 1. The van der Waals surface area contributed by atoms with E-state index in [1.165, 1.54) is 6.07 Å². The van der Waals surface area contributed by atoms with Crippen LogP contribution in [0.5, 0.6) is 5.75 Å². The van der Waals surface area contributed by atoms with Crippen LogP contribution in [-0.4, -0.2) is 26.9 Å². The van der Waals surface area contributed by atoms with Crippen LogP contribution in [-0.2, 0) is 4.74 Å². The third-order valence-corrected chi connectivity index (χ3v) is 2.78. The summed E-state index contributed by atoms with van der Waals surface area (Å²) in [6, 6.07) is 4.67. The van der Waals surface area contributed by atoms with Crippen molar-refractivity contribution < 1.29 is 13.9 Å². The fourth-order valence-corrected chi connectivity index (χ4v) is 1.63. The Morgan fingerprint density at radius 1 is 1.50 bits per heavy atom. The number of ether oxygens (including phenoxy) is 2. The lowest BCUT2D eigenvalue weighted by Gasteiger charge is -2.38. The van der Waals surface area contributed by atoms with Gasteiger partial charge >= 0.3 is 0 Å². The Morgan fingerprint density at radius 2 is 2.25 bits per heavy atom. The number of anilines is 1. The van der Waals surface area contributed by atoms with Crippen LogP contribution < -0.4 is 10.1 Å². The molecule has 0 atom stereocenters. The number of halogens is 1. The molecule has 88 valence electrons. The summed E-state index contributed by atoms with van der Waals surface area (Å²) in [5, 5.41) is 3.10. The van der Waals surface area contributed by atoms with E-state index >= 15 is 0 Å². The van der Waals surface area contributed by atoms with Crippen molar-refractivity contribution in [3.05, 3.63) is 24.0 Å². The van der Waals surface area contributed by atoms with Crippen molar-refractivity contribution in [3.8, 4) is 5.75 Å². The minimum absolute atomic E-state index is 0.121. The highest BCUT2D eigenvalue weighted by atomic mass is 19.1. The lowest BCUT2D eigenvalue weighted by atomic mass is 9.88. The lowest BCUT2D eigenvalue weighted by Crippen LogP contribution is -2.45. The normalized spacial score (nSPS) is 17.7. The predicted molar refractivity (Wildman–Crippen MR) is 60.4 cm³/mol. The average molecular weight is 225 g/mol. The quantitative estimate of drug-likeness (QED) is 0.852. The van der Waals surface area contributed by atoms with Gasteiger partial charge in [0, 0.05) is 18.0 Å². The third kappa shape index (κ3) is 2.27. The summed E-state index contributed by atoms with van der Waals surface area (Å²) in [7, 11) is 1.57. The van der Waals surface area contributed by atoms with E-state index in [9.17, 15) is 4.39 Å². The van der Waals surface area contributed by atoms with Crippen molar-refractivity contribution in [2.75, 3.05) is 32.2 Å². The second-order valence-electron chi connectivity index (χ2n) is 4.50. The maximum Gasteiger partial charge on any atom is 0.146 e. The van der Waals surface area contributed by atoms with E-state index in [0.29, 0.717) is 18.0 Å². The van der Waals surface area contributed by atoms with Crippen molar-refractivity contribution in [2.24, 2.45) is 5.41 Å². The molecule has 1 saturated heterocycles. The first-order valence-corrected chi connectivity index (χ1v) is 5.28. The summed E-state index contributed by atoms with van der Waals surface area (Å²) in [4.78, 5) is 0. The van der Waals surface area contributed by atoms with Crippen LogP contribution in [0, 0.1) is 11.2 Å². The second-order valence-corrected chi connectivity index (χ2v) is 4.50. The van der Waals surface area contributed by atoms with Crippen molar-refractivity contribution in [2.45, 2.75) is 6.92 Å². The first kappa shape index (κ1) is 11.2. The van der Waals surface area contributed by atoms with E-state index in [1.54, 1.807) is 19.2 Å². The number of hydrogen-bond donors (Lipinski definition) is 1. The van der Waals surface area contributed by atoms with Crippen LogP contribution >= 0.6 is 0 Å².